The van der Waals surface area contributed by atoms with Crippen molar-refractivity contribution < 1.29 is 23.9 Å². The number of amides is 2. The second-order valence-corrected chi connectivity index (χ2v) is 19.7. The van der Waals surface area contributed by atoms with Gasteiger partial charge in [-0.1, -0.05) is 38.1 Å². The fourth-order valence-corrected chi connectivity index (χ4v) is 8.18. The van der Waals surface area contributed by atoms with Crippen LogP contribution in [0.5, 0.6) is 0 Å². The molecule has 0 radical (unpaired) electrons. The Morgan fingerprint density at radius 3 is 1.68 bits per heavy atom. The van der Waals surface area contributed by atoms with Gasteiger partial charge in [0.2, 0.25) is 0 Å². The van der Waals surface area contributed by atoms with Crippen LogP contribution >= 0.6 is 0 Å². The third kappa shape index (κ3) is 13.6. The number of ketones is 1. The van der Waals surface area contributed by atoms with Gasteiger partial charge >= 0.3 is 12.2 Å². The highest BCUT2D eigenvalue weighted by molar-refractivity contribution is 5.87. The summed E-state index contributed by atoms with van der Waals surface area (Å²) in [5, 5.41) is 3.62. The molecule has 1 atom stereocenters. The zero-order valence-electron chi connectivity index (χ0n) is 42.7. The van der Waals surface area contributed by atoms with Crippen molar-refractivity contribution in [3.05, 3.63) is 95.8 Å². The van der Waals surface area contributed by atoms with Gasteiger partial charge < -0.3 is 49.3 Å². The molecule has 2 amide bonds. The van der Waals surface area contributed by atoms with Crippen LogP contribution in [0.2, 0.25) is 0 Å². The number of likely N-dealkylation sites (tertiary alicyclic amines) is 2. The largest absolute Gasteiger partial charge is 0.444 e. The SMILES string of the molecule is CC(C)(C)OC(=O)N1CCC(=O)C1.CCc1cc(CN)ccc1N(C)c1cc2c(cn1)ncn2C.CCc1cc(CNC2CCN(C(=O)OC(C)(C)C)C2)ccc1N(C)c1cc2c(cn1)ncn2C. The van der Waals surface area contributed by atoms with Crippen LogP contribution in [0.4, 0.5) is 32.6 Å². The van der Waals surface area contributed by atoms with Crippen LogP contribution in [0.25, 0.3) is 22.1 Å². The summed E-state index contributed by atoms with van der Waals surface area (Å²) in [4.78, 5) is 59.9. The van der Waals surface area contributed by atoms with E-state index in [1.807, 2.05) is 96.9 Å². The predicted molar refractivity (Wildman–Crippen MR) is 273 cm³/mol. The van der Waals surface area contributed by atoms with Crippen LogP contribution in [0.3, 0.4) is 0 Å². The van der Waals surface area contributed by atoms with Gasteiger partial charge in [-0.2, -0.15) is 0 Å². The summed E-state index contributed by atoms with van der Waals surface area (Å²) in [5.41, 5.74) is 16.0. The summed E-state index contributed by atoms with van der Waals surface area (Å²) in [7, 11) is 8.09. The fourth-order valence-electron chi connectivity index (χ4n) is 8.18. The molecule has 17 nitrogen and oxygen atoms in total. The van der Waals surface area contributed by atoms with Gasteiger partial charge in [-0.15, -0.1) is 0 Å². The molecule has 0 spiro atoms. The van der Waals surface area contributed by atoms with E-state index >= 15 is 0 Å². The average Bonchev–Trinajstić information content (AvgIpc) is 4.14. The zero-order valence-corrected chi connectivity index (χ0v) is 42.7. The summed E-state index contributed by atoms with van der Waals surface area (Å²) in [5.74, 6) is 1.90. The third-order valence-corrected chi connectivity index (χ3v) is 12.0. The number of pyridine rings is 2. The summed E-state index contributed by atoms with van der Waals surface area (Å²) in [6, 6.07) is 17.4. The summed E-state index contributed by atoms with van der Waals surface area (Å²) in [6.45, 7) is 18.9. The molecule has 2 aliphatic rings. The van der Waals surface area contributed by atoms with Gasteiger partial charge in [0.15, 0.2) is 5.78 Å². The Hall–Kier alpha value is -6.59. The minimum atomic E-state index is -0.483. The monoisotopic (exact) mass is 945 g/mol. The molecule has 6 heterocycles. The van der Waals surface area contributed by atoms with E-state index in [0.29, 0.717) is 26.1 Å². The number of aryl methyl sites for hydroxylation is 4. The minimum Gasteiger partial charge on any atom is -0.444 e. The highest BCUT2D eigenvalue weighted by atomic mass is 16.6. The van der Waals surface area contributed by atoms with Crippen LogP contribution in [-0.2, 0) is 54.3 Å². The van der Waals surface area contributed by atoms with Gasteiger partial charge in [-0.3, -0.25) is 4.79 Å². The number of nitrogens with one attached hydrogen (secondary N) is 1. The smallest absolute Gasteiger partial charge is 0.410 e. The first-order valence-corrected chi connectivity index (χ1v) is 23.8. The Kier molecular flexibility index (Phi) is 16.7. The number of anilines is 4. The van der Waals surface area contributed by atoms with E-state index in [9.17, 15) is 14.4 Å². The number of imidazole rings is 2. The van der Waals surface area contributed by atoms with Gasteiger partial charge in [-0.05, 0) is 95.2 Å². The number of ether oxygens (including phenoxy) is 2. The maximum atomic E-state index is 12.3. The normalized spacial score (nSPS) is 14.9. The van der Waals surface area contributed by atoms with Crippen molar-refractivity contribution in [1.29, 1.82) is 0 Å². The van der Waals surface area contributed by atoms with Crippen molar-refractivity contribution in [1.82, 2.24) is 44.2 Å². The Balaban J connectivity index is 0.000000190. The average molecular weight is 945 g/mol. The summed E-state index contributed by atoms with van der Waals surface area (Å²) < 4.78 is 14.6. The number of carbonyl (C=O) groups excluding carboxylic acids is 3. The number of hydrogen-bond donors (Lipinski definition) is 2. The predicted octanol–water partition coefficient (Wildman–Crippen LogP) is 8.35. The third-order valence-electron chi connectivity index (χ3n) is 12.0. The van der Waals surface area contributed by atoms with Crippen LogP contribution in [0.15, 0.2) is 73.6 Å². The minimum absolute atomic E-state index is 0.103. The molecule has 2 fully saturated rings. The van der Waals surface area contributed by atoms with Gasteiger partial charge in [-0.25, -0.2) is 29.5 Å². The molecule has 2 aliphatic heterocycles. The van der Waals surface area contributed by atoms with E-state index in [-0.39, 0.29) is 24.5 Å². The fraction of sp³-hybridized carbons (Fsp3) is 0.481. The first-order valence-electron chi connectivity index (χ1n) is 23.8. The quantitative estimate of drug-likeness (QED) is 0.134. The Morgan fingerprint density at radius 1 is 0.725 bits per heavy atom. The van der Waals surface area contributed by atoms with Crippen molar-refractivity contribution in [2.24, 2.45) is 19.8 Å². The van der Waals surface area contributed by atoms with Crippen molar-refractivity contribution in [3.63, 3.8) is 0 Å². The number of rotatable bonds is 10. The van der Waals surface area contributed by atoms with Gasteiger partial charge in [0.25, 0.3) is 0 Å². The van der Waals surface area contributed by atoms with Crippen molar-refractivity contribution in [2.75, 3.05) is 50.1 Å². The number of carbonyl (C=O) groups is 3. The lowest BCUT2D eigenvalue weighted by molar-refractivity contribution is -0.117. The molecule has 6 aromatic rings. The molecule has 2 saturated heterocycles. The second-order valence-electron chi connectivity index (χ2n) is 19.7. The highest BCUT2D eigenvalue weighted by Gasteiger charge is 2.30. The second kappa shape index (κ2) is 22.2. The maximum absolute atomic E-state index is 12.3. The first-order chi connectivity index (χ1) is 32.7. The molecule has 4 aromatic heterocycles. The number of fused-ring (bicyclic) bond motifs is 2. The van der Waals surface area contributed by atoms with E-state index in [1.165, 1.54) is 21.6 Å². The standard InChI is InChI=1S/C26H36N6O2.C17H21N5.C9H15NO3/c1-7-19-12-18(14-27-20-10-11-32(16-20)25(33)34-26(2,3)4)8-9-22(19)31(6)24-13-23-21(15-28-24)29-17-30(23)5;1-4-13-7-12(9-18)5-6-15(13)22(3)17-8-16-14(10-19-17)20-11-21(16)2;1-9(2,3)13-8(12)10-5-4-7(11)6-10/h8-9,12-13,15,17,20,27H,7,10-11,14,16H2,1-6H3;5-8,10-11H,4,9,18H2,1-3H3;4-6H2,1-3H3. The number of hydrogen-bond acceptors (Lipinski definition) is 13. The van der Waals surface area contributed by atoms with Crippen molar-refractivity contribution >= 4 is 63.0 Å². The Bertz CT molecular complexity index is 2730. The topological polar surface area (TPSA) is 182 Å². The summed E-state index contributed by atoms with van der Waals surface area (Å²) >= 11 is 0. The van der Waals surface area contributed by atoms with E-state index < -0.39 is 17.3 Å². The number of benzene rings is 2. The van der Waals surface area contributed by atoms with Crippen molar-refractivity contribution in [2.45, 2.75) is 111 Å². The molecule has 8 rings (SSSR count). The molecule has 2 aromatic carbocycles. The molecule has 0 saturated carbocycles. The molecular weight excluding hydrogens is 873 g/mol. The van der Waals surface area contributed by atoms with Crippen LogP contribution in [-0.4, -0.2) is 114 Å². The van der Waals surface area contributed by atoms with Crippen molar-refractivity contribution in [3.8, 4) is 0 Å². The van der Waals surface area contributed by atoms with E-state index in [0.717, 1.165) is 83.0 Å². The lowest BCUT2D eigenvalue weighted by Crippen LogP contribution is -2.38. The summed E-state index contributed by atoms with van der Waals surface area (Å²) in [6.07, 6.45) is 9.93. The van der Waals surface area contributed by atoms with Gasteiger partial charge in [0, 0.05) is 96.9 Å². The number of nitrogens with two attached hydrogens (primary N) is 1. The molecule has 1 unspecified atom stereocenters. The zero-order chi connectivity index (χ0) is 50.2. The molecule has 370 valence electrons. The highest BCUT2D eigenvalue weighted by Crippen LogP contribution is 2.31. The molecule has 17 heteroatoms. The van der Waals surface area contributed by atoms with E-state index in [2.05, 4.69) is 104 Å². The molecule has 69 heavy (non-hydrogen) atoms. The number of aromatic nitrogens is 6. The lowest BCUT2D eigenvalue weighted by Gasteiger charge is -2.24. The van der Waals surface area contributed by atoms with E-state index in [4.69, 9.17) is 15.2 Å². The van der Waals surface area contributed by atoms with Gasteiger partial charge in [0.05, 0.1) is 42.6 Å². The van der Waals surface area contributed by atoms with Gasteiger partial charge in [0.1, 0.15) is 33.9 Å². The van der Waals surface area contributed by atoms with Crippen LogP contribution in [0, 0.1) is 0 Å². The number of Topliss-reactive ketones (excluding diaryl/α,β-unsaturated/α-hetero) is 1. The lowest BCUT2D eigenvalue weighted by atomic mass is 10.0. The first kappa shape index (κ1) is 51.8. The molecule has 0 bridgehead atoms. The maximum Gasteiger partial charge on any atom is 0.410 e. The van der Waals surface area contributed by atoms with E-state index in [1.54, 1.807) is 4.90 Å². The Morgan fingerprint density at radius 2 is 1.22 bits per heavy atom. The van der Waals surface area contributed by atoms with Crippen LogP contribution < -0.4 is 20.9 Å². The van der Waals surface area contributed by atoms with Crippen LogP contribution in [0.1, 0.15) is 90.5 Å². The Labute approximate surface area is 407 Å². The molecule has 3 N–H and O–H groups in total. The molecule has 0 aliphatic carbocycles. The number of nitrogens with zero attached hydrogens (tertiary/aromatic N) is 10. The molecular formula is C52H72N12O5.